The molecule has 3 aromatic rings. The number of pyridine rings is 3. The van der Waals surface area contributed by atoms with Gasteiger partial charge in [-0.15, -0.1) is 0 Å². The summed E-state index contributed by atoms with van der Waals surface area (Å²) in [6, 6.07) is 2.47. The highest BCUT2D eigenvalue weighted by Gasteiger charge is 2.47. The van der Waals surface area contributed by atoms with Gasteiger partial charge in [0.15, 0.2) is 5.65 Å². The third-order valence-corrected chi connectivity index (χ3v) is 8.21. The first-order valence-electron chi connectivity index (χ1n) is 13.6. The Balaban J connectivity index is 1.79. The Labute approximate surface area is 248 Å². The van der Waals surface area contributed by atoms with E-state index in [4.69, 9.17) is 27.9 Å². The lowest BCUT2D eigenvalue weighted by Crippen LogP contribution is -2.66. The average Bonchev–Trinajstić information content (AvgIpc) is 2.87. The minimum Gasteiger partial charge on any atom is -0.444 e. The van der Waals surface area contributed by atoms with Crippen molar-refractivity contribution in [2.24, 2.45) is 0 Å². The van der Waals surface area contributed by atoms with Gasteiger partial charge in [-0.25, -0.2) is 9.78 Å². The highest BCUT2D eigenvalue weighted by molar-refractivity contribution is 6.42. The number of hydrogen-bond donors (Lipinski definition) is 0. The van der Waals surface area contributed by atoms with Gasteiger partial charge in [-0.1, -0.05) is 37.0 Å². The summed E-state index contributed by atoms with van der Waals surface area (Å²) in [5.74, 6) is -0.308. The minimum absolute atomic E-state index is 0.00354. The zero-order valence-corrected chi connectivity index (χ0v) is 26.0. The summed E-state index contributed by atoms with van der Waals surface area (Å²) in [6.45, 7) is 13.6. The van der Waals surface area contributed by atoms with Crippen LogP contribution < -0.4 is 15.4 Å². The number of ether oxygens (including phenoxy) is 1. The van der Waals surface area contributed by atoms with E-state index < -0.39 is 23.3 Å². The van der Waals surface area contributed by atoms with Crippen molar-refractivity contribution < 1.29 is 14.3 Å². The molecule has 10 nitrogen and oxygen atoms in total. The number of aromatic nitrogens is 3. The van der Waals surface area contributed by atoms with Crippen LogP contribution in [0.25, 0.3) is 16.7 Å². The predicted molar refractivity (Wildman–Crippen MR) is 161 cm³/mol. The maximum Gasteiger partial charge on any atom is 0.410 e. The van der Waals surface area contributed by atoms with Gasteiger partial charge in [0.25, 0.3) is 11.5 Å². The Hall–Kier alpha value is -3.37. The largest absolute Gasteiger partial charge is 0.444 e. The van der Waals surface area contributed by atoms with Gasteiger partial charge in [0.2, 0.25) is 0 Å². The summed E-state index contributed by atoms with van der Waals surface area (Å²) >= 11 is 12.9. The van der Waals surface area contributed by atoms with Crippen LogP contribution in [0.2, 0.25) is 10.2 Å². The standard InChI is InChI=1S/C29H34Cl2N6O4/c1-14(2)20-21(15(3)9-10-32-20)37-25-17(11-18(30)24(31)33-25)22-23(27(37)39)34(8)26(38)19-13-35(16(4)12-36(19)22)28(40)41-29(5,6)7/h9-11,14,16,19H,12-13H2,1-8H3/t16-,19-/m1/s1. The lowest BCUT2D eigenvalue weighted by molar-refractivity contribution is -0.121. The van der Waals surface area contributed by atoms with Crippen molar-refractivity contribution >= 4 is 57.6 Å². The molecule has 5 heterocycles. The number of hydrogen-bond acceptors (Lipinski definition) is 7. The molecule has 0 radical (unpaired) electrons. The van der Waals surface area contributed by atoms with Crippen molar-refractivity contribution in [2.75, 3.05) is 29.9 Å². The van der Waals surface area contributed by atoms with Crippen LogP contribution in [0.4, 0.5) is 16.2 Å². The van der Waals surface area contributed by atoms with E-state index in [0.29, 0.717) is 34.6 Å². The average molecular weight is 602 g/mol. The van der Waals surface area contributed by atoms with E-state index in [1.54, 1.807) is 45.0 Å². The van der Waals surface area contributed by atoms with Crippen molar-refractivity contribution in [1.29, 1.82) is 0 Å². The molecular formula is C29H34Cl2N6O4. The van der Waals surface area contributed by atoms with Gasteiger partial charge >= 0.3 is 6.09 Å². The molecule has 3 aromatic heterocycles. The first-order chi connectivity index (χ1) is 19.1. The number of aryl methyl sites for hydroxylation is 1. The van der Waals surface area contributed by atoms with Crippen molar-refractivity contribution in [2.45, 2.75) is 72.1 Å². The zero-order chi connectivity index (χ0) is 30.1. The molecule has 2 atom stereocenters. The predicted octanol–water partition coefficient (Wildman–Crippen LogP) is 5.31. The third-order valence-electron chi connectivity index (χ3n) is 7.54. The van der Waals surface area contributed by atoms with Crippen LogP contribution in [0.15, 0.2) is 23.1 Å². The molecule has 2 aliphatic rings. The minimum atomic E-state index is -0.740. The number of carbonyl (C=O) groups is 2. The number of fused-ring (bicyclic) bond motifs is 5. The second-order valence-corrected chi connectivity index (χ2v) is 12.8. The molecule has 1 saturated heterocycles. The van der Waals surface area contributed by atoms with Crippen molar-refractivity contribution in [3.8, 4) is 5.69 Å². The fraction of sp³-hybridized carbons (Fsp3) is 0.483. The van der Waals surface area contributed by atoms with E-state index in [1.165, 1.54) is 9.47 Å². The van der Waals surface area contributed by atoms with E-state index in [1.807, 2.05) is 38.7 Å². The van der Waals surface area contributed by atoms with Gasteiger partial charge in [0.1, 0.15) is 22.5 Å². The summed E-state index contributed by atoms with van der Waals surface area (Å²) in [5.41, 5.74) is 2.06. The third kappa shape index (κ3) is 4.80. The van der Waals surface area contributed by atoms with Gasteiger partial charge in [0, 0.05) is 31.2 Å². The molecule has 0 aromatic carbocycles. The zero-order valence-electron chi connectivity index (χ0n) is 24.5. The quantitative estimate of drug-likeness (QED) is 0.367. The summed E-state index contributed by atoms with van der Waals surface area (Å²) in [5, 5.41) is 0.837. The van der Waals surface area contributed by atoms with E-state index in [0.717, 1.165) is 5.56 Å². The molecule has 0 saturated carbocycles. The smallest absolute Gasteiger partial charge is 0.410 e. The van der Waals surface area contributed by atoms with Crippen molar-refractivity contribution in [3.63, 3.8) is 0 Å². The maximum absolute atomic E-state index is 14.5. The summed E-state index contributed by atoms with van der Waals surface area (Å²) in [7, 11) is 1.58. The van der Waals surface area contributed by atoms with E-state index >= 15 is 0 Å². The molecular weight excluding hydrogens is 567 g/mol. The molecule has 0 unspecified atom stereocenters. The number of anilines is 2. The molecule has 0 aliphatic carbocycles. The monoisotopic (exact) mass is 600 g/mol. The SMILES string of the molecule is Cc1ccnc(C(C)C)c1-n1c(=O)c2c(c3cc(Cl)c(Cl)nc31)N1C[C@@H](C)N(C(=O)OC(C)(C)C)C[C@@H]1C(=O)N2C. The van der Waals surface area contributed by atoms with Gasteiger partial charge in [-0.3, -0.25) is 19.1 Å². The van der Waals surface area contributed by atoms with Crippen LogP contribution in [0.1, 0.15) is 58.7 Å². The van der Waals surface area contributed by atoms with Gasteiger partial charge in [-0.2, -0.15) is 0 Å². The van der Waals surface area contributed by atoms with Crippen LogP contribution in [-0.4, -0.2) is 69.3 Å². The van der Waals surface area contributed by atoms with Gasteiger partial charge in [0.05, 0.1) is 28.6 Å². The molecule has 12 heteroatoms. The topological polar surface area (TPSA) is 101 Å². The van der Waals surface area contributed by atoms with Crippen LogP contribution in [0.5, 0.6) is 0 Å². The fourth-order valence-electron chi connectivity index (χ4n) is 5.66. The summed E-state index contributed by atoms with van der Waals surface area (Å²) in [6.07, 6.45) is 1.22. The lowest BCUT2D eigenvalue weighted by atomic mass is 9.98. The second-order valence-electron chi connectivity index (χ2n) is 12.0. The normalized spacial score (nSPS) is 19.1. The fourth-order valence-corrected chi connectivity index (χ4v) is 5.95. The number of likely N-dealkylation sites (N-methyl/N-ethyl adjacent to an activating group) is 1. The first-order valence-corrected chi connectivity index (χ1v) is 14.3. The van der Waals surface area contributed by atoms with Crippen LogP contribution in [-0.2, 0) is 9.53 Å². The molecule has 41 heavy (non-hydrogen) atoms. The van der Waals surface area contributed by atoms with E-state index in [-0.39, 0.29) is 40.3 Å². The highest BCUT2D eigenvalue weighted by atomic mass is 35.5. The molecule has 1 fully saturated rings. The molecule has 0 N–H and O–H groups in total. The van der Waals surface area contributed by atoms with E-state index in [9.17, 15) is 14.4 Å². The number of rotatable bonds is 2. The van der Waals surface area contributed by atoms with Crippen molar-refractivity contribution in [1.82, 2.24) is 19.4 Å². The summed E-state index contributed by atoms with van der Waals surface area (Å²) in [4.78, 5) is 55.5. The number of piperazine rings is 1. The molecule has 0 bridgehead atoms. The molecule has 5 rings (SSSR count). The number of nitrogens with zero attached hydrogens (tertiary/aromatic N) is 6. The lowest BCUT2D eigenvalue weighted by Gasteiger charge is -2.49. The van der Waals surface area contributed by atoms with Crippen LogP contribution in [0.3, 0.4) is 0 Å². The number of amides is 2. The molecule has 0 spiro atoms. The van der Waals surface area contributed by atoms with Gasteiger partial charge in [-0.05, 0) is 58.2 Å². The Morgan fingerprint density at radius 3 is 2.44 bits per heavy atom. The number of carbonyl (C=O) groups excluding carboxylic acids is 2. The Morgan fingerprint density at radius 1 is 1.12 bits per heavy atom. The van der Waals surface area contributed by atoms with Crippen molar-refractivity contribution in [3.05, 3.63) is 50.1 Å². The Morgan fingerprint density at radius 2 is 1.80 bits per heavy atom. The first kappa shape index (κ1) is 29.1. The second kappa shape index (κ2) is 10.2. The summed E-state index contributed by atoms with van der Waals surface area (Å²) < 4.78 is 7.12. The Bertz CT molecular complexity index is 1650. The van der Waals surface area contributed by atoms with Gasteiger partial charge < -0.3 is 19.4 Å². The molecule has 2 amide bonds. The number of halogens is 2. The molecule has 218 valence electrons. The van der Waals surface area contributed by atoms with Crippen LogP contribution in [0, 0.1) is 6.92 Å². The maximum atomic E-state index is 14.5. The highest BCUT2D eigenvalue weighted by Crippen LogP contribution is 2.43. The molecule has 2 aliphatic heterocycles. The Kier molecular flexibility index (Phi) is 7.22. The van der Waals surface area contributed by atoms with Crippen LogP contribution >= 0.6 is 23.2 Å². The van der Waals surface area contributed by atoms with E-state index in [2.05, 4.69) is 9.97 Å².